The predicted octanol–water partition coefficient (Wildman–Crippen LogP) is 3.11. The highest BCUT2D eigenvalue weighted by molar-refractivity contribution is 6.31. The Balaban J connectivity index is 2.61. The molecule has 4 heteroatoms. The lowest BCUT2D eigenvalue weighted by Gasteiger charge is -2.10. The van der Waals surface area contributed by atoms with Crippen molar-refractivity contribution in [3.63, 3.8) is 0 Å². The molecular formula is C13H17ClFNO. The fourth-order valence-corrected chi connectivity index (χ4v) is 1.80. The number of hydrogen-bond acceptors (Lipinski definition) is 2. The second-order valence-corrected chi connectivity index (χ2v) is 4.53. The first kappa shape index (κ1) is 14.1. The van der Waals surface area contributed by atoms with Gasteiger partial charge in [-0.15, -0.1) is 0 Å². The van der Waals surface area contributed by atoms with Crippen molar-refractivity contribution in [1.29, 1.82) is 0 Å². The third kappa shape index (κ3) is 4.44. The van der Waals surface area contributed by atoms with Crippen LogP contribution < -0.4 is 5.73 Å². The van der Waals surface area contributed by atoms with E-state index < -0.39 is 11.9 Å². The Morgan fingerprint density at radius 3 is 2.82 bits per heavy atom. The predicted molar refractivity (Wildman–Crippen MR) is 67.6 cm³/mol. The van der Waals surface area contributed by atoms with Crippen molar-refractivity contribution in [2.24, 2.45) is 5.73 Å². The monoisotopic (exact) mass is 257 g/mol. The Hall–Kier alpha value is -0.930. The van der Waals surface area contributed by atoms with Gasteiger partial charge in [0.2, 0.25) is 0 Å². The molecular weight excluding hydrogens is 241 g/mol. The van der Waals surface area contributed by atoms with Crippen molar-refractivity contribution in [3.8, 4) is 0 Å². The number of rotatable bonds is 6. The van der Waals surface area contributed by atoms with E-state index in [9.17, 15) is 9.18 Å². The topological polar surface area (TPSA) is 43.1 Å². The molecule has 0 saturated heterocycles. The van der Waals surface area contributed by atoms with Gasteiger partial charge in [-0.2, -0.15) is 0 Å². The van der Waals surface area contributed by atoms with E-state index in [-0.39, 0.29) is 17.2 Å². The smallest absolute Gasteiger partial charge is 0.153 e. The zero-order chi connectivity index (χ0) is 12.8. The van der Waals surface area contributed by atoms with Crippen LogP contribution in [0.1, 0.15) is 31.7 Å². The Morgan fingerprint density at radius 1 is 1.53 bits per heavy atom. The van der Waals surface area contributed by atoms with Gasteiger partial charge in [-0.3, -0.25) is 4.79 Å². The van der Waals surface area contributed by atoms with Gasteiger partial charge in [-0.25, -0.2) is 4.39 Å². The molecule has 2 N–H and O–H groups in total. The van der Waals surface area contributed by atoms with Crippen LogP contribution in [-0.4, -0.2) is 11.8 Å². The molecule has 1 atom stereocenters. The Labute approximate surface area is 106 Å². The van der Waals surface area contributed by atoms with Gasteiger partial charge in [0.25, 0.3) is 0 Å². The standard InChI is InChI=1S/C13H17ClFNO/c1-2-3-4-12(16)13(17)7-9-5-6-10(15)8-11(9)14/h5-6,8,12H,2-4,7,16H2,1H3. The van der Waals surface area contributed by atoms with E-state index in [1.165, 1.54) is 18.2 Å². The molecule has 0 aliphatic rings. The summed E-state index contributed by atoms with van der Waals surface area (Å²) in [6.45, 7) is 2.05. The van der Waals surface area contributed by atoms with Gasteiger partial charge in [-0.1, -0.05) is 37.4 Å². The van der Waals surface area contributed by atoms with Crippen LogP contribution >= 0.6 is 11.6 Å². The van der Waals surface area contributed by atoms with Crippen molar-refractivity contribution in [2.75, 3.05) is 0 Å². The molecule has 1 aromatic rings. The first-order valence-corrected chi connectivity index (χ1v) is 6.14. The summed E-state index contributed by atoms with van der Waals surface area (Å²) in [5, 5.41) is 0.279. The van der Waals surface area contributed by atoms with Gasteiger partial charge < -0.3 is 5.73 Å². The van der Waals surface area contributed by atoms with Crippen molar-refractivity contribution in [3.05, 3.63) is 34.6 Å². The molecule has 17 heavy (non-hydrogen) atoms. The maximum atomic E-state index is 12.8. The summed E-state index contributed by atoms with van der Waals surface area (Å²) >= 11 is 5.85. The summed E-state index contributed by atoms with van der Waals surface area (Å²) in [7, 11) is 0. The van der Waals surface area contributed by atoms with Crippen molar-refractivity contribution >= 4 is 17.4 Å². The SMILES string of the molecule is CCCCC(N)C(=O)Cc1ccc(F)cc1Cl. The highest BCUT2D eigenvalue weighted by Crippen LogP contribution is 2.18. The molecule has 0 spiro atoms. The van der Waals surface area contributed by atoms with Gasteiger partial charge in [0.15, 0.2) is 5.78 Å². The van der Waals surface area contributed by atoms with Gasteiger partial charge in [0.05, 0.1) is 6.04 Å². The molecule has 0 fully saturated rings. The molecule has 94 valence electrons. The fraction of sp³-hybridized carbons (Fsp3) is 0.462. The summed E-state index contributed by atoms with van der Waals surface area (Å²) in [5.41, 5.74) is 6.39. The fourth-order valence-electron chi connectivity index (χ4n) is 1.57. The highest BCUT2D eigenvalue weighted by atomic mass is 35.5. The van der Waals surface area contributed by atoms with Gasteiger partial charge >= 0.3 is 0 Å². The van der Waals surface area contributed by atoms with E-state index >= 15 is 0 Å². The molecule has 2 nitrogen and oxygen atoms in total. The molecule has 0 aliphatic carbocycles. The highest BCUT2D eigenvalue weighted by Gasteiger charge is 2.15. The maximum Gasteiger partial charge on any atom is 0.153 e. The molecule has 1 rings (SSSR count). The second-order valence-electron chi connectivity index (χ2n) is 4.13. The van der Waals surface area contributed by atoms with E-state index in [4.69, 9.17) is 17.3 Å². The van der Waals surface area contributed by atoms with Gasteiger partial charge in [0, 0.05) is 11.4 Å². The van der Waals surface area contributed by atoms with Gasteiger partial charge in [-0.05, 0) is 24.1 Å². The molecule has 0 heterocycles. The van der Waals surface area contributed by atoms with Crippen molar-refractivity contribution < 1.29 is 9.18 Å². The molecule has 0 radical (unpaired) electrons. The van der Waals surface area contributed by atoms with Crippen LogP contribution in [-0.2, 0) is 11.2 Å². The van der Waals surface area contributed by atoms with E-state index in [0.29, 0.717) is 12.0 Å². The number of carbonyl (C=O) groups excluding carboxylic acids is 1. The molecule has 1 aromatic carbocycles. The Bertz CT molecular complexity index is 395. The lowest BCUT2D eigenvalue weighted by atomic mass is 10.0. The number of unbranched alkanes of at least 4 members (excludes halogenated alkanes) is 1. The molecule has 0 saturated carbocycles. The zero-order valence-electron chi connectivity index (χ0n) is 9.88. The number of nitrogens with two attached hydrogens (primary N) is 1. The molecule has 0 aromatic heterocycles. The minimum Gasteiger partial charge on any atom is -0.321 e. The summed E-state index contributed by atoms with van der Waals surface area (Å²) in [6.07, 6.45) is 2.81. The number of halogens is 2. The van der Waals surface area contributed by atoms with E-state index in [1.54, 1.807) is 0 Å². The van der Waals surface area contributed by atoms with E-state index in [0.717, 1.165) is 12.8 Å². The van der Waals surface area contributed by atoms with Crippen LogP contribution in [0.2, 0.25) is 5.02 Å². The van der Waals surface area contributed by atoms with Crippen molar-refractivity contribution in [1.82, 2.24) is 0 Å². The van der Waals surface area contributed by atoms with Crippen LogP contribution in [0.15, 0.2) is 18.2 Å². The quantitative estimate of drug-likeness (QED) is 0.851. The Kier molecular flexibility index (Phi) is 5.59. The first-order valence-electron chi connectivity index (χ1n) is 5.76. The van der Waals surface area contributed by atoms with E-state index in [1.807, 2.05) is 6.92 Å². The van der Waals surface area contributed by atoms with Crippen LogP contribution in [0.25, 0.3) is 0 Å². The second kappa shape index (κ2) is 6.72. The van der Waals surface area contributed by atoms with Crippen LogP contribution in [0.4, 0.5) is 4.39 Å². The largest absolute Gasteiger partial charge is 0.321 e. The van der Waals surface area contributed by atoms with Crippen LogP contribution in [0.5, 0.6) is 0 Å². The first-order chi connectivity index (χ1) is 8.04. The lowest BCUT2D eigenvalue weighted by Crippen LogP contribution is -2.31. The summed E-state index contributed by atoms with van der Waals surface area (Å²) in [6, 6.07) is 3.59. The summed E-state index contributed by atoms with van der Waals surface area (Å²) in [5.74, 6) is -0.451. The third-order valence-electron chi connectivity index (χ3n) is 2.66. The zero-order valence-corrected chi connectivity index (χ0v) is 10.6. The van der Waals surface area contributed by atoms with Crippen molar-refractivity contribution in [2.45, 2.75) is 38.6 Å². The normalized spacial score (nSPS) is 12.5. The minimum atomic E-state index is -0.448. The van der Waals surface area contributed by atoms with Crippen LogP contribution in [0, 0.1) is 5.82 Å². The number of ketones is 1. The number of Topliss-reactive ketones (excluding diaryl/α,β-unsaturated/α-hetero) is 1. The van der Waals surface area contributed by atoms with Gasteiger partial charge in [0.1, 0.15) is 5.82 Å². The molecule has 0 bridgehead atoms. The summed E-state index contributed by atoms with van der Waals surface area (Å²) < 4.78 is 12.8. The number of hydrogen-bond donors (Lipinski definition) is 1. The third-order valence-corrected chi connectivity index (χ3v) is 3.01. The summed E-state index contributed by atoms with van der Waals surface area (Å²) in [4.78, 5) is 11.8. The molecule has 0 amide bonds. The van der Waals surface area contributed by atoms with E-state index in [2.05, 4.69) is 0 Å². The maximum absolute atomic E-state index is 12.8. The Morgan fingerprint density at radius 2 is 2.24 bits per heavy atom. The average molecular weight is 258 g/mol. The number of carbonyl (C=O) groups is 1. The lowest BCUT2D eigenvalue weighted by molar-refractivity contribution is -0.119. The minimum absolute atomic E-state index is 0.0491. The molecule has 0 aliphatic heterocycles. The average Bonchev–Trinajstić information content (AvgIpc) is 2.29. The van der Waals surface area contributed by atoms with Crippen LogP contribution in [0.3, 0.4) is 0 Å². The number of benzene rings is 1. The molecule has 1 unspecified atom stereocenters.